The van der Waals surface area contributed by atoms with Crippen molar-refractivity contribution in [1.29, 1.82) is 0 Å². The summed E-state index contributed by atoms with van der Waals surface area (Å²) in [6.45, 7) is 2.53. The number of carbonyl (C=O) groups excluding carboxylic acids is 2. The molecule has 6 nitrogen and oxygen atoms in total. The fourth-order valence-corrected chi connectivity index (χ4v) is 2.29. The topological polar surface area (TPSA) is 79.8 Å². The monoisotopic (exact) mass is 393 g/mol. The average molecular weight is 394 g/mol. The number of ether oxygens (including phenoxy) is 1. The molecule has 0 saturated heterocycles. The van der Waals surface area contributed by atoms with Crippen LogP contribution in [0.25, 0.3) is 0 Å². The predicted molar refractivity (Wildman–Crippen MR) is 102 cm³/mol. The molecule has 0 heterocycles. The predicted octanol–water partition coefficient (Wildman–Crippen LogP) is 3.16. The van der Waals surface area contributed by atoms with Crippen molar-refractivity contribution < 1.29 is 14.3 Å². The van der Waals surface area contributed by atoms with Gasteiger partial charge in [-0.25, -0.2) is 5.43 Å². The third kappa shape index (κ3) is 6.06. The lowest BCUT2D eigenvalue weighted by molar-refractivity contribution is -0.139. The normalized spacial score (nSPS) is 10.6. The maximum absolute atomic E-state index is 11.8. The summed E-state index contributed by atoms with van der Waals surface area (Å²) in [6, 6.07) is 12.0. The largest absolute Gasteiger partial charge is 0.493 e. The van der Waals surface area contributed by atoms with Crippen LogP contribution in [0, 0.1) is 0 Å². The van der Waals surface area contributed by atoms with E-state index in [-0.39, 0.29) is 6.54 Å². The highest BCUT2D eigenvalue weighted by atomic mass is 35.5. The number of nitrogens with zero attached hydrogens (tertiary/aromatic N) is 1. The van der Waals surface area contributed by atoms with Crippen LogP contribution in [0.2, 0.25) is 10.0 Å². The average Bonchev–Trinajstić information content (AvgIpc) is 2.63. The Balaban J connectivity index is 1.89. The Hall–Kier alpha value is -2.57. The minimum atomic E-state index is -0.879. The van der Waals surface area contributed by atoms with Crippen molar-refractivity contribution in [1.82, 2.24) is 10.7 Å². The Labute approximate surface area is 161 Å². The molecule has 0 aliphatic carbocycles. The molecule has 8 heteroatoms. The van der Waals surface area contributed by atoms with Gasteiger partial charge in [-0.2, -0.15) is 5.10 Å². The summed E-state index contributed by atoms with van der Waals surface area (Å²) >= 11 is 11.7. The molecule has 136 valence electrons. The molecule has 2 rings (SSSR count). The number of rotatable bonds is 6. The van der Waals surface area contributed by atoms with E-state index < -0.39 is 11.8 Å². The van der Waals surface area contributed by atoms with E-state index in [9.17, 15) is 9.59 Å². The number of nitrogens with one attached hydrogen (secondary N) is 2. The first-order chi connectivity index (χ1) is 12.5. The molecule has 2 aromatic carbocycles. The third-order valence-corrected chi connectivity index (χ3v) is 3.70. The fourth-order valence-electron chi connectivity index (χ4n) is 1.98. The van der Waals surface area contributed by atoms with Crippen LogP contribution in [0.15, 0.2) is 47.6 Å². The summed E-state index contributed by atoms with van der Waals surface area (Å²) < 4.78 is 5.44. The molecule has 0 unspecified atom stereocenters. The van der Waals surface area contributed by atoms with Gasteiger partial charge in [-0.15, -0.1) is 0 Å². The van der Waals surface area contributed by atoms with Gasteiger partial charge in [0.1, 0.15) is 5.75 Å². The lowest BCUT2D eigenvalue weighted by Gasteiger charge is -2.07. The molecule has 2 amide bonds. The van der Waals surface area contributed by atoms with E-state index in [2.05, 4.69) is 15.8 Å². The second kappa shape index (κ2) is 9.79. The highest BCUT2D eigenvalue weighted by Crippen LogP contribution is 2.21. The van der Waals surface area contributed by atoms with Crippen LogP contribution >= 0.6 is 23.2 Å². The van der Waals surface area contributed by atoms with Crippen LogP contribution in [-0.4, -0.2) is 24.6 Å². The van der Waals surface area contributed by atoms with Crippen molar-refractivity contribution in [3.63, 3.8) is 0 Å². The Bertz CT molecular complexity index is 808. The van der Waals surface area contributed by atoms with Crippen molar-refractivity contribution in [3.8, 4) is 5.75 Å². The Morgan fingerprint density at radius 3 is 2.46 bits per heavy atom. The molecule has 0 atom stereocenters. The molecule has 0 aliphatic heterocycles. The Morgan fingerprint density at radius 2 is 1.77 bits per heavy atom. The molecule has 0 fully saturated rings. The van der Waals surface area contributed by atoms with Gasteiger partial charge in [0.25, 0.3) is 0 Å². The van der Waals surface area contributed by atoms with Crippen molar-refractivity contribution in [2.75, 3.05) is 6.61 Å². The van der Waals surface area contributed by atoms with E-state index in [1.165, 1.54) is 6.21 Å². The third-order valence-electron chi connectivity index (χ3n) is 3.21. The maximum Gasteiger partial charge on any atom is 0.329 e. The molecular weight excluding hydrogens is 377 g/mol. The van der Waals surface area contributed by atoms with E-state index >= 15 is 0 Å². The van der Waals surface area contributed by atoms with E-state index in [0.717, 1.165) is 5.56 Å². The van der Waals surface area contributed by atoms with E-state index in [1.54, 1.807) is 42.5 Å². The van der Waals surface area contributed by atoms with E-state index in [0.29, 0.717) is 28.0 Å². The van der Waals surface area contributed by atoms with Crippen LogP contribution in [0.5, 0.6) is 5.75 Å². The number of hydrogen-bond acceptors (Lipinski definition) is 4. The van der Waals surface area contributed by atoms with Crippen LogP contribution in [0.1, 0.15) is 18.1 Å². The van der Waals surface area contributed by atoms with Gasteiger partial charge < -0.3 is 10.1 Å². The fraction of sp³-hybridized carbons (Fsp3) is 0.167. The van der Waals surface area contributed by atoms with Gasteiger partial charge in [0.2, 0.25) is 0 Å². The highest BCUT2D eigenvalue weighted by molar-refractivity contribution is 6.35. The van der Waals surface area contributed by atoms with Gasteiger partial charge in [-0.3, -0.25) is 9.59 Å². The van der Waals surface area contributed by atoms with E-state index in [4.69, 9.17) is 27.9 Å². The maximum atomic E-state index is 11.8. The molecule has 26 heavy (non-hydrogen) atoms. The number of benzene rings is 2. The van der Waals surface area contributed by atoms with Crippen LogP contribution < -0.4 is 15.5 Å². The number of amides is 2. The summed E-state index contributed by atoms with van der Waals surface area (Å²) in [5.74, 6) is -1.11. The number of carbonyl (C=O) groups is 2. The molecule has 0 aromatic heterocycles. The quantitative estimate of drug-likeness (QED) is 0.449. The summed E-state index contributed by atoms with van der Waals surface area (Å²) in [5.41, 5.74) is 3.57. The smallest absolute Gasteiger partial charge is 0.329 e. The summed E-state index contributed by atoms with van der Waals surface area (Å²) in [7, 11) is 0. The second-order valence-electron chi connectivity index (χ2n) is 5.12. The van der Waals surface area contributed by atoms with Crippen molar-refractivity contribution in [2.45, 2.75) is 13.5 Å². The first kappa shape index (κ1) is 19.8. The SMILES string of the molecule is CCOc1ccc(Cl)cc1/C=N\NC(=O)C(=O)NCc1ccc(Cl)cc1. The van der Waals surface area contributed by atoms with Gasteiger partial charge >= 0.3 is 11.8 Å². The van der Waals surface area contributed by atoms with Gasteiger partial charge in [0.05, 0.1) is 12.8 Å². The second-order valence-corrected chi connectivity index (χ2v) is 6.00. The molecule has 2 aromatic rings. The minimum Gasteiger partial charge on any atom is -0.493 e. The standard InChI is InChI=1S/C18H17Cl2N3O3/c1-2-26-16-8-7-15(20)9-13(16)11-22-23-18(25)17(24)21-10-12-3-5-14(19)6-4-12/h3-9,11H,2,10H2,1H3,(H,21,24)(H,23,25)/b22-11-. The Kier molecular flexibility index (Phi) is 7.44. The summed E-state index contributed by atoms with van der Waals surface area (Å²) in [5, 5.41) is 7.36. The first-order valence-electron chi connectivity index (χ1n) is 7.77. The van der Waals surface area contributed by atoms with Crippen molar-refractivity contribution >= 4 is 41.2 Å². The van der Waals surface area contributed by atoms with Gasteiger partial charge in [-0.1, -0.05) is 35.3 Å². The minimum absolute atomic E-state index is 0.204. The van der Waals surface area contributed by atoms with Crippen molar-refractivity contribution in [3.05, 3.63) is 63.6 Å². The molecule has 0 aliphatic rings. The molecule has 0 radical (unpaired) electrons. The zero-order valence-electron chi connectivity index (χ0n) is 14.0. The van der Waals surface area contributed by atoms with Crippen molar-refractivity contribution in [2.24, 2.45) is 5.10 Å². The lowest BCUT2D eigenvalue weighted by Crippen LogP contribution is -2.37. The zero-order valence-corrected chi connectivity index (χ0v) is 15.5. The highest BCUT2D eigenvalue weighted by Gasteiger charge is 2.12. The first-order valence-corrected chi connectivity index (χ1v) is 8.53. The lowest BCUT2D eigenvalue weighted by atomic mass is 10.2. The van der Waals surface area contributed by atoms with Gasteiger partial charge in [-0.05, 0) is 42.8 Å². The van der Waals surface area contributed by atoms with Crippen LogP contribution in [0.3, 0.4) is 0 Å². The molecule has 0 spiro atoms. The van der Waals surface area contributed by atoms with Gasteiger partial charge in [0.15, 0.2) is 0 Å². The molecule has 0 bridgehead atoms. The molecular formula is C18H17Cl2N3O3. The van der Waals surface area contributed by atoms with E-state index in [1.807, 2.05) is 6.92 Å². The number of hydrazone groups is 1. The van der Waals surface area contributed by atoms with Gasteiger partial charge in [0, 0.05) is 22.2 Å². The number of hydrogen-bond donors (Lipinski definition) is 2. The Morgan fingerprint density at radius 1 is 1.08 bits per heavy atom. The van der Waals surface area contributed by atoms with Crippen LogP contribution in [0.4, 0.5) is 0 Å². The molecule has 2 N–H and O–H groups in total. The summed E-state index contributed by atoms with van der Waals surface area (Å²) in [6.07, 6.45) is 1.36. The molecule has 0 saturated carbocycles. The number of halogens is 2. The zero-order chi connectivity index (χ0) is 18.9. The summed E-state index contributed by atoms with van der Waals surface area (Å²) in [4.78, 5) is 23.6. The van der Waals surface area contributed by atoms with Crippen LogP contribution in [-0.2, 0) is 16.1 Å².